The van der Waals surface area contributed by atoms with Gasteiger partial charge in [0.2, 0.25) is 5.91 Å². The summed E-state index contributed by atoms with van der Waals surface area (Å²) in [4.78, 5) is 11.5. The maximum absolute atomic E-state index is 11.5. The van der Waals surface area contributed by atoms with Gasteiger partial charge in [0.1, 0.15) is 9.84 Å². The Morgan fingerprint density at radius 3 is 2.59 bits per heavy atom. The van der Waals surface area contributed by atoms with Crippen molar-refractivity contribution in [2.75, 3.05) is 18.6 Å². The number of amides is 1. The quantitative estimate of drug-likeness (QED) is 0.526. The molecule has 2 atom stereocenters. The van der Waals surface area contributed by atoms with E-state index in [1.807, 2.05) is 0 Å². The third-order valence-electron chi connectivity index (χ3n) is 2.79. The molecule has 0 bridgehead atoms. The predicted molar refractivity (Wildman–Crippen MR) is 64.0 cm³/mol. The van der Waals surface area contributed by atoms with Crippen molar-refractivity contribution in [3.63, 3.8) is 0 Å². The molecule has 6 nitrogen and oxygen atoms in total. The minimum Gasteiger partial charge on any atom is -0.391 e. The molecule has 0 radical (unpaired) electrons. The molecule has 7 heteroatoms. The second kappa shape index (κ2) is 5.79. The molecule has 1 rings (SSSR count). The van der Waals surface area contributed by atoms with Crippen molar-refractivity contribution in [2.24, 2.45) is 11.7 Å². The highest BCUT2D eigenvalue weighted by atomic mass is 32.2. The number of carbonyl (C=O) groups excluding carboxylic acids is 1. The predicted octanol–water partition coefficient (Wildman–Crippen LogP) is -1.36. The summed E-state index contributed by atoms with van der Waals surface area (Å²) < 4.78 is 21.8. The minimum absolute atomic E-state index is 0.101. The molecule has 0 aromatic carbocycles. The zero-order chi connectivity index (χ0) is 13.1. The van der Waals surface area contributed by atoms with Crippen molar-refractivity contribution in [1.82, 2.24) is 5.32 Å². The molecular weight excluding hydrogens is 244 g/mol. The van der Waals surface area contributed by atoms with E-state index in [4.69, 9.17) is 5.73 Å². The van der Waals surface area contributed by atoms with Crippen molar-refractivity contribution in [3.05, 3.63) is 0 Å². The Morgan fingerprint density at radius 1 is 1.53 bits per heavy atom. The Balaban J connectivity index is 2.21. The first kappa shape index (κ1) is 14.4. The Kier molecular flexibility index (Phi) is 4.91. The molecule has 1 saturated carbocycles. The van der Waals surface area contributed by atoms with E-state index in [0.29, 0.717) is 5.92 Å². The van der Waals surface area contributed by atoms with Gasteiger partial charge in [0, 0.05) is 12.8 Å². The van der Waals surface area contributed by atoms with Gasteiger partial charge in [0.15, 0.2) is 0 Å². The minimum atomic E-state index is -3.10. The van der Waals surface area contributed by atoms with Crippen LogP contribution in [0.2, 0.25) is 0 Å². The third-order valence-corrected chi connectivity index (χ3v) is 3.77. The standard InChI is InChI=1S/C10H20N2O4S/c1-17(15,16)5-4-8(11)10(14)12-6-9(13)7-2-3-7/h7-9,13H,2-6,11H2,1H3,(H,12,14). The van der Waals surface area contributed by atoms with Crippen LogP contribution in [0.15, 0.2) is 0 Å². The van der Waals surface area contributed by atoms with Gasteiger partial charge in [0.25, 0.3) is 0 Å². The molecule has 17 heavy (non-hydrogen) atoms. The van der Waals surface area contributed by atoms with Crippen molar-refractivity contribution in [2.45, 2.75) is 31.4 Å². The Bertz CT molecular complexity index is 365. The van der Waals surface area contributed by atoms with Gasteiger partial charge >= 0.3 is 0 Å². The molecule has 4 N–H and O–H groups in total. The van der Waals surface area contributed by atoms with Crippen LogP contribution in [0.4, 0.5) is 0 Å². The molecular formula is C10H20N2O4S. The van der Waals surface area contributed by atoms with E-state index in [9.17, 15) is 18.3 Å². The fourth-order valence-corrected chi connectivity index (χ4v) is 2.14. The molecule has 100 valence electrons. The van der Waals surface area contributed by atoms with Crippen LogP contribution in [0.3, 0.4) is 0 Å². The fourth-order valence-electron chi connectivity index (χ4n) is 1.46. The van der Waals surface area contributed by atoms with Crippen molar-refractivity contribution in [1.29, 1.82) is 0 Å². The first-order chi connectivity index (χ1) is 7.79. The Morgan fingerprint density at radius 2 is 2.12 bits per heavy atom. The average Bonchev–Trinajstić information content (AvgIpc) is 3.04. The van der Waals surface area contributed by atoms with Crippen LogP contribution in [0.5, 0.6) is 0 Å². The topological polar surface area (TPSA) is 109 Å². The summed E-state index contributed by atoms with van der Waals surface area (Å²) in [5, 5.41) is 12.1. The normalized spacial score (nSPS) is 19.7. The van der Waals surface area contributed by atoms with Crippen molar-refractivity contribution < 1.29 is 18.3 Å². The SMILES string of the molecule is CS(=O)(=O)CCC(N)C(=O)NCC(O)C1CC1. The summed E-state index contributed by atoms with van der Waals surface area (Å²) in [5.41, 5.74) is 5.54. The van der Waals surface area contributed by atoms with Gasteiger partial charge in [-0.2, -0.15) is 0 Å². The van der Waals surface area contributed by atoms with Crippen LogP contribution in [0, 0.1) is 5.92 Å². The Hall–Kier alpha value is -0.660. The molecule has 0 aliphatic heterocycles. The van der Waals surface area contributed by atoms with Gasteiger partial charge < -0.3 is 16.2 Å². The number of rotatable bonds is 7. The molecule has 0 heterocycles. The van der Waals surface area contributed by atoms with E-state index in [-0.39, 0.29) is 18.7 Å². The molecule has 0 aromatic rings. The van der Waals surface area contributed by atoms with E-state index < -0.39 is 27.9 Å². The van der Waals surface area contributed by atoms with Gasteiger partial charge in [-0.15, -0.1) is 0 Å². The monoisotopic (exact) mass is 264 g/mol. The number of sulfone groups is 1. The van der Waals surface area contributed by atoms with Crippen LogP contribution >= 0.6 is 0 Å². The first-order valence-electron chi connectivity index (χ1n) is 5.68. The summed E-state index contributed by atoms with van der Waals surface area (Å²) in [6, 6.07) is -0.837. The van der Waals surface area contributed by atoms with Crippen LogP contribution in [-0.4, -0.2) is 50.1 Å². The number of aliphatic hydroxyl groups excluding tert-OH is 1. The summed E-state index contributed by atoms with van der Waals surface area (Å²) in [5.74, 6) is -0.219. The van der Waals surface area contributed by atoms with Gasteiger partial charge in [-0.25, -0.2) is 8.42 Å². The fraction of sp³-hybridized carbons (Fsp3) is 0.900. The van der Waals surface area contributed by atoms with E-state index in [1.165, 1.54) is 0 Å². The van der Waals surface area contributed by atoms with Crippen LogP contribution < -0.4 is 11.1 Å². The van der Waals surface area contributed by atoms with Crippen LogP contribution in [-0.2, 0) is 14.6 Å². The summed E-state index contributed by atoms with van der Waals surface area (Å²) >= 11 is 0. The molecule has 0 spiro atoms. The lowest BCUT2D eigenvalue weighted by molar-refractivity contribution is -0.122. The summed E-state index contributed by atoms with van der Waals surface area (Å²) in [6.45, 7) is 0.191. The summed E-state index contributed by atoms with van der Waals surface area (Å²) in [7, 11) is -3.10. The first-order valence-corrected chi connectivity index (χ1v) is 7.74. The average molecular weight is 264 g/mol. The number of hydrogen-bond acceptors (Lipinski definition) is 5. The van der Waals surface area contributed by atoms with E-state index in [0.717, 1.165) is 19.1 Å². The highest BCUT2D eigenvalue weighted by Gasteiger charge is 2.30. The zero-order valence-electron chi connectivity index (χ0n) is 9.93. The van der Waals surface area contributed by atoms with Crippen LogP contribution in [0.1, 0.15) is 19.3 Å². The second-order valence-corrected chi connectivity index (χ2v) is 6.93. The number of nitrogens with two attached hydrogens (primary N) is 1. The Labute approximate surface area is 101 Å². The van der Waals surface area contributed by atoms with E-state index >= 15 is 0 Å². The lowest BCUT2D eigenvalue weighted by atomic mass is 10.2. The maximum Gasteiger partial charge on any atom is 0.237 e. The molecule has 1 amide bonds. The molecule has 1 aliphatic rings. The third kappa shape index (κ3) is 5.99. The van der Waals surface area contributed by atoms with Gasteiger partial charge in [0.05, 0.1) is 17.9 Å². The highest BCUT2D eigenvalue weighted by molar-refractivity contribution is 7.90. The van der Waals surface area contributed by atoms with Crippen molar-refractivity contribution >= 4 is 15.7 Å². The lowest BCUT2D eigenvalue weighted by Crippen LogP contribution is -2.44. The highest BCUT2D eigenvalue weighted by Crippen LogP contribution is 2.32. The number of nitrogens with one attached hydrogen (secondary N) is 1. The van der Waals surface area contributed by atoms with Crippen molar-refractivity contribution in [3.8, 4) is 0 Å². The smallest absolute Gasteiger partial charge is 0.237 e. The maximum atomic E-state index is 11.5. The zero-order valence-corrected chi connectivity index (χ0v) is 10.7. The summed E-state index contributed by atoms with van der Waals surface area (Å²) in [6.07, 6.45) is 2.69. The van der Waals surface area contributed by atoms with Crippen LogP contribution in [0.25, 0.3) is 0 Å². The number of aliphatic hydroxyl groups is 1. The molecule has 0 saturated heterocycles. The molecule has 1 fully saturated rings. The number of carbonyl (C=O) groups is 1. The molecule has 1 aliphatic carbocycles. The number of hydrogen-bond donors (Lipinski definition) is 3. The van der Waals surface area contributed by atoms with E-state index in [1.54, 1.807) is 0 Å². The molecule has 2 unspecified atom stereocenters. The lowest BCUT2D eigenvalue weighted by Gasteiger charge is -2.14. The second-order valence-electron chi connectivity index (χ2n) is 4.67. The van der Waals surface area contributed by atoms with Gasteiger partial charge in [-0.1, -0.05) is 0 Å². The van der Waals surface area contributed by atoms with Gasteiger partial charge in [-0.3, -0.25) is 4.79 Å². The largest absolute Gasteiger partial charge is 0.391 e. The molecule has 0 aromatic heterocycles. The van der Waals surface area contributed by atoms with E-state index in [2.05, 4.69) is 5.32 Å². The van der Waals surface area contributed by atoms with Gasteiger partial charge in [-0.05, 0) is 25.2 Å².